The van der Waals surface area contributed by atoms with Gasteiger partial charge in [-0.1, -0.05) is 29.8 Å². The van der Waals surface area contributed by atoms with Crippen LogP contribution in [-0.4, -0.2) is 15.6 Å². The smallest absolute Gasteiger partial charge is 0.337 e. The van der Waals surface area contributed by atoms with Crippen molar-refractivity contribution in [2.75, 3.05) is 0 Å². The Morgan fingerprint density at radius 3 is 2.44 bits per heavy atom. The number of benzene rings is 1. The van der Waals surface area contributed by atoms with E-state index in [-0.39, 0.29) is 11.6 Å². The lowest BCUT2D eigenvalue weighted by molar-refractivity contribution is 0.0697. The van der Waals surface area contributed by atoms with Gasteiger partial charge in [0.05, 0.1) is 5.56 Å². The quantitative estimate of drug-likeness (QED) is 0.906. The van der Waals surface area contributed by atoms with Gasteiger partial charge in [-0.3, -0.25) is 0 Å². The monoisotopic (exact) mass is 263 g/mol. The van der Waals surface area contributed by atoms with E-state index in [0.717, 1.165) is 5.56 Å². The van der Waals surface area contributed by atoms with Crippen LogP contribution in [0.1, 0.15) is 30.2 Å². The average Bonchev–Trinajstić information content (AvgIpc) is 2.74. The Bertz CT molecular complexity index is 587. The number of carboxylic acid groups (broad SMARTS) is 1. The number of nitrogens with zero attached hydrogens (tertiary/aromatic N) is 1. The van der Waals surface area contributed by atoms with E-state index in [1.54, 1.807) is 12.3 Å². The van der Waals surface area contributed by atoms with Crippen LogP contribution >= 0.6 is 11.6 Å². The van der Waals surface area contributed by atoms with Crippen molar-refractivity contribution < 1.29 is 9.90 Å². The predicted molar refractivity (Wildman–Crippen MR) is 72.2 cm³/mol. The van der Waals surface area contributed by atoms with E-state index in [1.807, 2.05) is 42.8 Å². The lowest BCUT2D eigenvalue weighted by Crippen LogP contribution is -1.98. The fourth-order valence-corrected chi connectivity index (χ4v) is 2.07. The summed E-state index contributed by atoms with van der Waals surface area (Å²) in [5.41, 5.74) is 1.68. The van der Waals surface area contributed by atoms with Gasteiger partial charge < -0.3 is 9.67 Å². The Hall–Kier alpha value is -1.74. The van der Waals surface area contributed by atoms with Crippen molar-refractivity contribution in [1.82, 2.24) is 4.57 Å². The molecule has 1 N–H and O–H groups in total. The van der Waals surface area contributed by atoms with Crippen molar-refractivity contribution in [1.29, 1.82) is 0 Å². The van der Waals surface area contributed by atoms with Crippen molar-refractivity contribution in [3.05, 3.63) is 47.2 Å². The van der Waals surface area contributed by atoms with Gasteiger partial charge in [0.25, 0.3) is 0 Å². The van der Waals surface area contributed by atoms with Gasteiger partial charge in [-0.2, -0.15) is 0 Å². The van der Waals surface area contributed by atoms with Crippen LogP contribution in [0.4, 0.5) is 0 Å². The number of carboxylic acids is 1. The number of carbonyl (C=O) groups is 1. The summed E-state index contributed by atoms with van der Waals surface area (Å²) in [4.78, 5) is 11.3. The maximum absolute atomic E-state index is 11.3. The molecule has 1 aromatic carbocycles. The summed E-state index contributed by atoms with van der Waals surface area (Å²) < 4.78 is 1.88. The second kappa shape index (κ2) is 4.86. The summed E-state index contributed by atoms with van der Waals surface area (Å²) in [7, 11) is 0. The zero-order chi connectivity index (χ0) is 13.3. The molecule has 0 unspecified atom stereocenters. The van der Waals surface area contributed by atoms with E-state index in [2.05, 4.69) is 0 Å². The molecule has 0 atom stereocenters. The van der Waals surface area contributed by atoms with Gasteiger partial charge in [0.1, 0.15) is 0 Å². The van der Waals surface area contributed by atoms with Crippen LogP contribution in [0.25, 0.3) is 11.1 Å². The van der Waals surface area contributed by atoms with Gasteiger partial charge in [-0.25, -0.2) is 4.79 Å². The Morgan fingerprint density at radius 1 is 1.22 bits per heavy atom. The summed E-state index contributed by atoms with van der Waals surface area (Å²) in [6.07, 6.45) is 3.47. The first-order valence-electron chi connectivity index (χ1n) is 5.70. The minimum absolute atomic E-state index is 0.208. The molecule has 0 saturated carbocycles. The van der Waals surface area contributed by atoms with Crippen molar-refractivity contribution in [3.8, 4) is 11.1 Å². The highest BCUT2D eigenvalue weighted by Crippen LogP contribution is 2.32. The number of hydrogen-bond donors (Lipinski definition) is 1. The Labute approximate surface area is 111 Å². The lowest BCUT2D eigenvalue weighted by atomic mass is 10.1. The highest BCUT2D eigenvalue weighted by atomic mass is 35.5. The molecule has 0 spiro atoms. The normalized spacial score (nSPS) is 10.9. The molecular formula is C14H14ClNO2. The molecule has 0 fully saturated rings. The van der Waals surface area contributed by atoms with Crippen LogP contribution in [0.15, 0.2) is 36.7 Å². The molecule has 1 aromatic heterocycles. The maximum atomic E-state index is 11.3. The van der Waals surface area contributed by atoms with Crippen LogP contribution in [0.2, 0.25) is 5.02 Å². The maximum Gasteiger partial charge on any atom is 0.337 e. The first-order chi connectivity index (χ1) is 8.50. The highest BCUT2D eigenvalue weighted by molar-refractivity contribution is 6.33. The Balaban J connectivity index is 2.63. The third-order valence-electron chi connectivity index (χ3n) is 2.84. The fourth-order valence-electron chi connectivity index (χ4n) is 1.84. The third kappa shape index (κ3) is 2.27. The molecule has 4 heteroatoms. The van der Waals surface area contributed by atoms with E-state index >= 15 is 0 Å². The number of aromatic carboxylic acids is 1. The molecule has 94 valence electrons. The minimum atomic E-state index is -0.940. The van der Waals surface area contributed by atoms with Crippen LogP contribution in [0.3, 0.4) is 0 Å². The molecular weight excluding hydrogens is 250 g/mol. The number of hydrogen-bond acceptors (Lipinski definition) is 1. The van der Waals surface area contributed by atoms with E-state index in [1.165, 1.54) is 0 Å². The van der Waals surface area contributed by atoms with E-state index in [0.29, 0.717) is 10.6 Å². The predicted octanol–water partition coefficient (Wildman–Crippen LogP) is 4.09. The van der Waals surface area contributed by atoms with E-state index < -0.39 is 5.97 Å². The molecule has 2 aromatic rings. The fraction of sp³-hybridized carbons (Fsp3) is 0.214. The summed E-state index contributed by atoms with van der Waals surface area (Å²) in [6, 6.07) is 7.47. The van der Waals surface area contributed by atoms with Gasteiger partial charge in [0.2, 0.25) is 0 Å². The molecule has 0 aliphatic heterocycles. The molecule has 0 aliphatic carbocycles. The highest BCUT2D eigenvalue weighted by Gasteiger charge is 2.17. The van der Waals surface area contributed by atoms with Gasteiger partial charge in [0.15, 0.2) is 0 Å². The van der Waals surface area contributed by atoms with E-state index in [4.69, 9.17) is 11.6 Å². The summed E-state index contributed by atoms with van der Waals surface area (Å²) in [5.74, 6) is -0.940. The molecule has 2 rings (SSSR count). The average molecular weight is 264 g/mol. The first-order valence-corrected chi connectivity index (χ1v) is 6.08. The second-order valence-corrected chi connectivity index (χ2v) is 4.82. The standard InChI is InChI=1S/C14H14ClNO2/c1-9(2)16-7-11(12(8-16)14(17)18)10-5-3-4-6-13(10)15/h3-9H,1-2H3,(H,17,18). The molecule has 1 heterocycles. The number of aromatic nitrogens is 1. The number of halogens is 1. The lowest BCUT2D eigenvalue weighted by Gasteiger charge is -2.05. The SMILES string of the molecule is CC(C)n1cc(C(=O)O)c(-c2ccccc2Cl)c1. The van der Waals surface area contributed by atoms with Crippen molar-refractivity contribution >= 4 is 17.6 Å². The molecule has 0 amide bonds. The van der Waals surface area contributed by atoms with E-state index in [9.17, 15) is 9.90 Å². The molecule has 0 aliphatic rings. The summed E-state index contributed by atoms with van der Waals surface area (Å²) in [5, 5.41) is 9.81. The minimum Gasteiger partial charge on any atom is -0.478 e. The van der Waals surface area contributed by atoms with Crippen molar-refractivity contribution in [2.45, 2.75) is 19.9 Å². The summed E-state index contributed by atoms with van der Waals surface area (Å²) >= 11 is 6.12. The zero-order valence-electron chi connectivity index (χ0n) is 10.2. The van der Waals surface area contributed by atoms with Gasteiger partial charge in [-0.15, -0.1) is 0 Å². The molecule has 0 bridgehead atoms. The second-order valence-electron chi connectivity index (χ2n) is 4.41. The Kier molecular flexibility index (Phi) is 3.43. The molecule has 0 saturated heterocycles. The van der Waals surface area contributed by atoms with Crippen molar-refractivity contribution in [2.24, 2.45) is 0 Å². The molecule has 0 radical (unpaired) electrons. The third-order valence-corrected chi connectivity index (χ3v) is 3.17. The van der Waals surface area contributed by atoms with Crippen LogP contribution in [0, 0.1) is 0 Å². The topological polar surface area (TPSA) is 42.2 Å². The largest absolute Gasteiger partial charge is 0.478 e. The van der Waals surface area contributed by atoms with Crippen LogP contribution in [0.5, 0.6) is 0 Å². The van der Waals surface area contributed by atoms with Crippen LogP contribution in [-0.2, 0) is 0 Å². The van der Waals surface area contributed by atoms with Gasteiger partial charge in [0, 0.05) is 34.6 Å². The van der Waals surface area contributed by atoms with Gasteiger partial charge in [-0.05, 0) is 19.9 Å². The van der Waals surface area contributed by atoms with Crippen molar-refractivity contribution in [3.63, 3.8) is 0 Å². The Morgan fingerprint density at radius 2 is 1.89 bits per heavy atom. The zero-order valence-corrected chi connectivity index (χ0v) is 11.0. The van der Waals surface area contributed by atoms with Crippen LogP contribution < -0.4 is 0 Å². The van der Waals surface area contributed by atoms with Gasteiger partial charge >= 0.3 is 5.97 Å². The number of rotatable bonds is 3. The molecule has 3 nitrogen and oxygen atoms in total. The summed E-state index contributed by atoms with van der Waals surface area (Å²) in [6.45, 7) is 4.00. The molecule has 18 heavy (non-hydrogen) atoms. The first kappa shape index (κ1) is 12.7.